The highest BCUT2D eigenvalue weighted by molar-refractivity contribution is 6.00. The summed E-state index contributed by atoms with van der Waals surface area (Å²) < 4.78 is 17.0. The molecule has 1 N–H and O–H groups in total. The molecular formula is C39H51NO6. The van der Waals surface area contributed by atoms with E-state index in [0.717, 1.165) is 34.6 Å². The fraction of sp³-hybridized carbons (Fsp3) is 0.487. The summed E-state index contributed by atoms with van der Waals surface area (Å²) in [5.74, 6) is 0.363. The van der Waals surface area contributed by atoms with Crippen molar-refractivity contribution in [2.24, 2.45) is 17.8 Å². The lowest BCUT2D eigenvalue weighted by Crippen LogP contribution is -2.62. The Balaban J connectivity index is 0.000000416. The van der Waals surface area contributed by atoms with E-state index < -0.39 is 5.97 Å². The highest BCUT2D eigenvalue weighted by Crippen LogP contribution is 2.51. The number of aliphatic hydroxyl groups excluding tert-OH is 1. The van der Waals surface area contributed by atoms with Gasteiger partial charge in [0.05, 0.1) is 18.6 Å². The van der Waals surface area contributed by atoms with Crippen LogP contribution in [0.5, 0.6) is 5.75 Å². The number of unbranched alkanes of at least 4 members (excludes halogenated alkanes) is 3. The molecule has 0 saturated carbocycles. The van der Waals surface area contributed by atoms with Gasteiger partial charge in [-0.05, 0) is 41.5 Å². The third-order valence-electron chi connectivity index (χ3n) is 9.26. The number of aliphatic hydroxyl groups is 1. The molecule has 7 nitrogen and oxygen atoms in total. The minimum absolute atomic E-state index is 0.0208. The predicted octanol–water partition coefficient (Wildman–Crippen LogP) is 7.45. The fourth-order valence-electron chi connectivity index (χ4n) is 7.05. The molecule has 1 aliphatic carbocycles. The van der Waals surface area contributed by atoms with Gasteiger partial charge in [-0.2, -0.15) is 0 Å². The largest absolute Gasteiger partial charge is 0.488 e. The van der Waals surface area contributed by atoms with Crippen LogP contribution in [0.1, 0.15) is 76.8 Å². The van der Waals surface area contributed by atoms with E-state index in [9.17, 15) is 14.7 Å². The Labute approximate surface area is 274 Å². The Bertz CT molecular complexity index is 1410. The van der Waals surface area contributed by atoms with Crippen molar-refractivity contribution in [2.75, 3.05) is 33.0 Å². The molecular weight excluding hydrogens is 578 g/mol. The third-order valence-corrected chi connectivity index (χ3v) is 9.26. The normalized spacial score (nSPS) is 20.7. The molecule has 2 aliphatic heterocycles. The summed E-state index contributed by atoms with van der Waals surface area (Å²) in [6, 6.07) is 14.2. The van der Waals surface area contributed by atoms with Crippen LogP contribution < -0.4 is 4.74 Å². The molecule has 1 saturated heterocycles. The number of β-lactam (4-membered cyclic amide) rings is 1. The van der Waals surface area contributed by atoms with Gasteiger partial charge in [0.25, 0.3) is 0 Å². The van der Waals surface area contributed by atoms with Gasteiger partial charge in [-0.3, -0.25) is 4.79 Å². The van der Waals surface area contributed by atoms with E-state index in [1.165, 1.54) is 37.3 Å². The maximum Gasteiger partial charge on any atom is 0.355 e. The van der Waals surface area contributed by atoms with Crippen molar-refractivity contribution in [3.8, 4) is 16.9 Å². The summed E-state index contributed by atoms with van der Waals surface area (Å²) >= 11 is 0. The highest BCUT2D eigenvalue weighted by Gasteiger charge is 2.59. The molecule has 0 spiro atoms. The number of ether oxygens (including phenoxy) is 3. The fourth-order valence-corrected chi connectivity index (χ4v) is 7.05. The number of hydrogen-bond donors (Lipinski definition) is 1. The molecule has 4 atom stereocenters. The van der Waals surface area contributed by atoms with Crippen LogP contribution in [0.25, 0.3) is 11.1 Å². The zero-order chi connectivity index (χ0) is 33.2. The molecule has 0 aromatic heterocycles. The molecule has 46 heavy (non-hydrogen) atoms. The topological polar surface area (TPSA) is 85.3 Å². The van der Waals surface area contributed by atoms with Crippen molar-refractivity contribution in [1.82, 2.24) is 4.90 Å². The van der Waals surface area contributed by atoms with Gasteiger partial charge in [0, 0.05) is 36.2 Å². The molecule has 7 heteroatoms. The minimum atomic E-state index is -0.509. The molecule has 0 radical (unpaired) electrons. The van der Waals surface area contributed by atoms with Crippen molar-refractivity contribution in [3.05, 3.63) is 90.2 Å². The zero-order valence-electron chi connectivity index (χ0n) is 28.0. The van der Waals surface area contributed by atoms with Crippen LogP contribution in [0.2, 0.25) is 0 Å². The van der Waals surface area contributed by atoms with Crippen molar-refractivity contribution < 1.29 is 28.9 Å². The molecule has 3 aliphatic rings. The first-order valence-electron chi connectivity index (χ1n) is 16.8. The van der Waals surface area contributed by atoms with Gasteiger partial charge in [-0.1, -0.05) is 102 Å². The van der Waals surface area contributed by atoms with Gasteiger partial charge in [0.15, 0.2) is 0 Å². The van der Waals surface area contributed by atoms with Crippen LogP contribution in [0, 0.1) is 17.8 Å². The van der Waals surface area contributed by atoms with Crippen LogP contribution in [0.4, 0.5) is 0 Å². The van der Waals surface area contributed by atoms with Gasteiger partial charge in [0.1, 0.15) is 24.7 Å². The SMILES string of the molecule is C=CCOC(=O)C1=C(COc2cccc3c2-c2ccccc2C3CCO)C(C)C2C(C(C)C)C(=O)N12.C=CCOCCCCCC. The smallest absolute Gasteiger partial charge is 0.355 e. The molecule has 248 valence electrons. The van der Waals surface area contributed by atoms with E-state index in [1.807, 2.05) is 38.1 Å². The lowest BCUT2D eigenvalue weighted by molar-refractivity contribution is -0.160. The maximum absolute atomic E-state index is 13.0. The summed E-state index contributed by atoms with van der Waals surface area (Å²) in [6.07, 6.45) is 9.07. The molecule has 2 aromatic rings. The molecule has 1 fully saturated rings. The van der Waals surface area contributed by atoms with Gasteiger partial charge in [-0.25, -0.2) is 4.79 Å². The van der Waals surface area contributed by atoms with Crippen LogP contribution in [-0.4, -0.2) is 61.0 Å². The number of amides is 1. The van der Waals surface area contributed by atoms with Crippen molar-refractivity contribution in [1.29, 1.82) is 0 Å². The average molecular weight is 630 g/mol. The van der Waals surface area contributed by atoms with Crippen molar-refractivity contribution in [3.63, 3.8) is 0 Å². The monoisotopic (exact) mass is 629 g/mol. The highest BCUT2D eigenvalue weighted by atomic mass is 16.5. The van der Waals surface area contributed by atoms with E-state index in [0.29, 0.717) is 18.7 Å². The van der Waals surface area contributed by atoms with Gasteiger partial charge >= 0.3 is 5.97 Å². The Morgan fingerprint density at radius 3 is 2.46 bits per heavy atom. The predicted molar refractivity (Wildman–Crippen MR) is 182 cm³/mol. The number of esters is 1. The van der Waals surface area contributed by atoms with E-state index >= 15 is 0 Å². The zero-order valence-corrected chi connectivity index (χ0v) is 28.0. The second-order valence-electron chi connectivity index (χ2n) is 12.6. The molecule has 5 rings (SSSR count). The van der Waals surface area contributed by atoms with Crippen molar-refractivity contribution in [2.45, 2.75) is 71.8 Å². The maximum atomic E-state index is 13.0. The summed E-state index contributed by atoms with van der Waals surface area (Å²) in [6.45, 7) is 17.5. The Morgan fingerprint density at radius 2 is 1.76 bits per heavy atom. The molecule has 2 aromatic carbocycles. The Morgan fingerprint density at radius 1 is 1.02 bits per heavy atom. The standard InChI is InChI=1S/C30H33NO5.C9H18O/c1-5-15-35-30(34)28-23(18(4)27-25(17(2)3)29(33)31(27)28)16-36-24-12-8-11-22-20(13-14-32)19-9-6-7-10-21(19)26(22)24;1-3-5-6-7-9-10-8-4-2/h5-12,17-18,20,25,27,32H,1,13-16H2,2-4H3;4H,2-3,5-9H2,1H3. The second kappa shape index (κ2) is 16.8. The van der Waals surface area contributed by atoms with Crippen LogP contribution in [0.15, 0.2) is 79.0 Å². The number of carbonyl (C=O) groups excluding carboxylic acids is 2. The third kappa shape index (κ3) is 7.31. The number of carbonyl (C=O) groups is 2. The van der Waals surface area contributed by atoms with E-state index in [1.54, 1.807) is 11.0 Å². The number of benzene rings is 2. The Kier molecular flexibility index (Phi) is 12.8. The van der Waals surface area contributed by atoms with E-state index in [2.05, 4.69) is 45.2 Å². The average Bonchev–Trinajstić information content (AvgIpc) is 3.50. The second-order valence-corrected chi connectivity index (χ2v) is 12.6. The summed E-state index contributed by atoms with van der Waals surface area (Å²) in [7, 11) is 0. The molecule has 1 amide bonds. The molecule has 4 unspecified atom stereocenters. The number of hydrogen-bond acceptors (Lipinski definition) is 6. The lowest BCUT2D eigenvalue weighted by atomic mass is 9.74. The molecule has 2 heterocycles. The molecule has 0 bridgehead atoms. The van der Waals surface area contributed by atoms with Crippen molar-refractivity contribution >= 4 is 11.9 Å². The van der Waals surface area contributed by atoms with E-state index in [4.69, 9.17) is 14.2 Å². The summed E-state index contributed by atoms with van der Waals surface area (Å²) in [4.78, 5) is 27.7. The number of rotatable bonds is 16. The van der Waals surface area contributed by atoms with Gasteiger partial charge < -0.3 is 24.2 Å². The number of nitrogens with zero attached hydrogens (tertiary/aromatic N) is 1. The first-order valence-corrected chi connectivity index (χ1v) is 16.8. The van der Waals surface area contributed by atoms with Gasteiger partial charge in [0.2, 0.25) is 5.91 Å². The van der Waals surface area contributed by atoms with Crippen LogP contribution >= 0.6 is 0 Å². The van der Waals surface area contributed by atoms with E-state index in [-0.39, 0.29) is 55.4 Å². The first-order chi connectivity index (χ1) is 22.3. The number of fused-ring (bicyclic) bond motifs is 4. The van der Waals surface area contributed by atoms with Gasteiger partial charge in [-0.15, -0.1) is 6.58 Å². The minimum Gasteiger partial charge on any atom is -0.488 e. The first kappa shape index (κ1) is 35.2. The Hall–Kier alpha value is -3.68. The van der Waals surface area contributed by atoms with Crippen LogP contribution in [0.3, 0.4) is 0 Å². The van der Waals surface area contributed by atoms with Crippen LogP contribution in [-0.2, 0) is 19.1 Å². The summed E-state index contributed by atoms with van der Waals surface area (Å²) in [5, 5.41) is 9.68. The lowest BCUT2D eigenvalue weighted by Gasteiger charge is -2.47. The summed E-state index contributed by atoms with van der Waals surface area (Å²) in [5.41, 5.74) is 5.59. The quantitative estimate of drug-likeness (QED) is 0.0899.